The Hall–Kier alpha value is -0.530. The van der Waals surface area contributed by atoms with Crippen molar-refractivity contribution in [3.8, 4) is 0 Å². The van der Waals surface area contributed by atoms with Gasteiger partial charge in [0.15, 0.2) is 0 Å². The Morgan fingerprint density at radius 3 is 1.15 bits per heavy atom. The highest BCUT2D eigenvalue weighted by Gasteiger charge is 2.47. The molecule has 0 aliphatic heterocycles. The maximum absolute atomic E-state index is 11.3. The number of hydrogen-bond acceptors (Lipinski definition) is 1. The SMILES string of the molecule is CC(C)C(C(=O)O)(C(C)C)C(C)C. The van der Waals surface area contributed by atoms with Crippen LogP contribution in [0.5, 0.6) is 0 Å². The van der Waals surface area contributed by atoms with Crippen LogP contribution in [-0.4, -0.2) is 11.1 Å². The fourth-order valence-electron chi connectivity index (χ4n) is 2.74. The minimum atomic E-state index is -0.660. The first-order chi connectivity index (χ1) is 5.77. The Morgan fingerprint density at radius 1 is 0.923 bits per heavy atom. The van der Waals surface area contributed by atoms with Crippen molar-refractivity contribution in [2.75, 3.05) is 0 Å². The van der Waals surface area contributed by atoms with Crippen LogP contribution in [0, 0.1) is 23.2 Å². The average molecular weight is 186 g/mol. The van der Waals surface area contributed by atoms with Crippen molar-refractivity contribution in [2.24, 2.45) is 23.2 Å². The second-order valence-corrected chi connectivity index (χ2v) is 4.70. The van der Waals surface area contributed by atoms with Gasteiger partial charge in [0.25, 0.3) is 0 Å². The Morgan fingerprint density at radius 2 is 1.15 bits per heavy atom. The van der Waals surface area contributed by atoms with Crippen LogP contribution in [-0.2, 0) is 4.79 Å². The summed E-state index contributed by atoms with van der Waals surface area (Å²) in [6.45, 7) is 12.0. The van der Waals surface area contributed by atoms with Crippen molar-refractivity contribution in [3.63, 3.8) is 0 Å². The van der Waals surface area contributed by atoms with Gasteiger partial charge >= 0.3 is 5.97 Å². The van der Waals surface area contributed by atoms with E-state index in [0.717, 1.165) is 0 Å². The minimum Gasteiger partial charge on any atom is -0.481 e. The van der Waals surface area contributed by atoms with E-state index in [4.69, 9.17) is 0 Å². The number of carbonyl (C=O) groups is 1. The Kier molecular flexibility index (Phi) is 3.95. The maximum atomic E-state index is 11.3. The van der Waals surface area contributed by atoms with E-state index in [1.807, 2.05) is 41.5 Å². The summed E-state index contributed by atoms with van der Waals surface area (Å²) in [5.41, 5.74) is -0.583. The van der Waals surface area contributed by atoms with E-state index >= 15 is 0 Å². The van der Waals surface area contributed by atoms with Crippen molar-refractivity contribution in [2.45, 2.75) is 41.5 Å². The second kappa shape index (κ2) is 4.12. The molecule has 0 aliphatic carbocycles. The summed E-state index contributed by atoms with van der Waals surface area (Å²) >= 11 is 0. The molecule has 0 radical (unpaired) electrons. The third kappa shape index (κ3) is 1.87. The van der Waals surface area contributed by atoms with Crippen LogP contribution >= 0.6 is 0 Å². The van der Waals surface area contributed by atoms with Crippen molar-refractivity contribution in [1.82, 2.24) is 0 Å². The van der Waals surface area contributed by atoms with Crippen LogP contribution < -0.4 is 0 Å². The lowest BCUT2D eigenvalue weighted by Gasteiger charge is -2.40. The maximum Gasteiger partial charge on any atom is 0.310 e. The van der Waals surface area contributed by atoms with Gasteiger partial charge in [0.1, 0.15) is 0 Å². The van der Waals surface area contributed by atoms with Gasteiger partial charge in [0.2, 0.25) is 0 Å². The summed E-state index contributed by atoms with van der Waals surface area (Å²) in [7, 11) is 0. The fraction of sp³-hybridized carbons (Fsp3) is 0.909. The summed E-state index contributed by atoms with van der Waals surface area (Å²) in [5.74, 6) is -0.146. The van der Waals surface area contributed by atoms with Gasteiger partial charge in [-0.1, -0.05) is 41.5 Å². The number of hydrogen-bond donors (Lipinski definition) is 1. The Bertz CT molecular complexity index is 159. The molecule has 2 nitrogen and oxygen atoms in total. The topological polar surface area (TPSA) is 37.3 Å². The molecule has 0 rings (SSSR count). The zero-order valence-electron chi connectivity index (χ0n) is 9.59. The molecule has 0 unspecified atom stereocenters. The van der Waals surface area contributed by atoms with Crippen LogP contribution in [0.4, 0.5) is 0 Å². The standard InChI is InChI=1S/C11H22O2/c1-7(2)11(8(3)4,9(5)6)10(12)13/h7-9H,1-6H3,(H,12,13). The molecular formula is C11H22O2. The highest BCUT2D eigenvalue weighted by Crippen LogP contribution is 2.42. The summed E-state index contributed by atoms with van der Waals surface area (Å²) in [6, 6.07) is 0. The smallest absolute Gasteiger partial charge is 0.310 e. The van der Waals surface area contributed by atoms with Gasteiger partial charge in [0, 0.05) is 0 Å². The molecule has 0 amide bonds. The van der Waals surface area contributed by atoms with E-state index in [1.54, 1.807) is 0 Å². The lowest BCUT2D eigenvalue weighted by atomic mass is 9.62. The van der Waals surface area contributed by atoms with E-state index in [2.05, 4.69) is 0 Å². The monoisotopic (exact) mass is 186 g/mol. The van der Waals surface area contributed by atoms with Gasteiger partial charge in [-0.15, -0.1) is 0 Å². The third-order valence-corrected chi connectivity index (χ3v) is 3.24. The molecule has 2 heteroatoms. The fourth-order valence-corrected chi connectivity index (χ4v) is 2.74. The molecule has 0 aliphatic rings. The average Bonchev–Trinajstić information content (AvgIpc) is 1.82. The third-order valence-electron chi connectivity index (χ3n) is 3.24. The lowest BCUT2D eigenvalue weighted by molar-refractivity contribution is -0.160. The van der Waals surface area contributed by atoms with Gasteiger partial charge in [-0.25, -0.2) is 0 Å². The number of carboxylic acid groups (broad SMARTS) is 1. The van der Waals surface area contributed by atoms with Crippen LogP contribution in [0.3, 0.4) is 0 Å². The molecule has 0 heterocycles. The molecule has 13 heavy (non-hydrogen) atoms. The van der Waals surface area contributed by atoms with Gasteiger partial charge < -0.3 is 5.11 Å². The first kappa shape index (κ1) is 12.5. The highest BCUT2D eigenvalue weighted by molar-refractivity contribution is 5.75. The molecule has 0 fully saturated rings. The van der Waals surface area contributed by atoms with Crippen molar-refractivity contribution in [3.05, 3.63) is 0 Å². The molecule has 0 aromatic rings. The first-order valence-electron chi connectivity index (χ1n) is 5.01. The van der Waals surface area contributed by atoms with Gasteiger partial charge in [-0.05, 0) is 17.8 Å². The van der Waals surface area contributed by atoms with E-state index < -0.39 is 11.4 Å². The quantitative estimate of drug-likeness (QED) is 0.732. The van der Waals surface area contributed by atoms with E-state index in [1.165, 1.54) is 0 Å². The molecule has 0 aromatic carbocycles. The summed E-state index contributed by atoms with van der Waals surface area (Å²) < 4.78 is 0. The number of aliphatic carboxylic acids is 1. The molecule has 0 saturated carbocycles. The summed E-state index contributed by atoms with van der Waals surface area (Å²) in [4.78, 5) is 11.3. The number of carboxylic acids is 1. The van der Waals surface area contributed by atoms with Crippen molar-refractivity contribution >= 4 is 5.97 Å². The van der Waals surface area contributed by atoms with Crippen molar-refractivity contribution in [1.29, 1.82) is 0 Å². The van der Waals surface area contributed by atoms with Crippen LogP contribution in [0.1, 0.15) is 41.5 Å². The number of rotatable bonds is 4. The first-order valence-corrected chi connectivity index (χ1v) is 5.01. The molecular weight excluding hydrogens is 164 g/mol. The molecule has 1 N–H and O–H groups in total. The van der Waals surface area contributed by atoms with Gasteiger partial charge in [0.05, 0.1) is 5.41 Å². The molecule has 78 valence electrons. The molecule has 0 saturated heterocycles. The van der Waals surface area contributed by atoms with Crippen molar-refractivity contribution < 1.29 is 9.90 Å². The molecule has 0 aromatic heterocycles. The largest absolute Gasteiger partial charge is 0.481 e. The lowest BCUT2D eigenvalue weighted by Crippen LogP contribution is -2.45. The molecule has 0 spiro atoms. The van der Waals surface area contributed by atoms with Crippen LogP contribution in [0.2, 0.25) is 0 Å². The second-order valence-electron chi connectivity index (χ2n) is 4.70. The van der Waals surface area contributed by atoms with E-state index in [9.17, 15) is 9.90 Å². The minimum absolute atomic E-state index is 0.171. The normalized spacial score (nSPS) is 13.0. The summed E-state index contributed by atoms with van der Waals surface area (Å²) in [5, 5.41) is 9.34. The van der Waals surface area contributed by atoms with Gasteiger partial charge in [-0.2, -0.15) is 0 Å². The van der Waals surface area contributed by atoms with Gasteiger partial charge in [-0.3, -0.25) is 4.79 Å². The Labute approximate surface area is 81.3 Å². The molecule has 0 atom stereocenters. The van der Waals surface area contributed by atoms with E-state index in [-0.39, 0.29) is 17.8 Å². The van der Waals surface area contributed by atoms with Crippen LogP contribution in [0.25, 0.3) is 0 Å². The van der Waals surface area contributed by atoms with Crippen LogP contribution in [0.15, 0.2) is 0 Å². The highest BCUT2D eigenvalue weighted by atomic mass is 16.4. The summed E-state index contributed by atoms with van der Waals surface area (Å²) in [6.07, 6.45) is 0. The molecule has 0 bridgehead atoms. The zero-order valence-corrected chi connectivity index (χ0v) is 9.59. The predicted molar refractivity (Wildman–Crippen MR) is 54.6 cm³/mol. The zero-order chi connectivity index (χ0) is 10.8. The van der Waals surface area contributed by atoms with E-state index in [0.29, 0.717) is 0 Å². The predicted octanol–water partition coefficient (Wildman–Crippen LogP) is 3.03. The Balaban J connectivity index is 5.19.